The van der Waals surface area contributed by atoms with Crippen LogP contribution in [0, 0.1) is 0 Å². The average molecular weight is 414 g/mol. The Balaban J connectivity index is 1.71. The van der Waals surface area contributed by atoms with Gasteiger partial charge in [-0.25, -0.2) is 9.59 Å². The van der Waals surface area contributed by atoms with Gasteiger partial charge in [-0.2, -0.15) is 0 Å². The summed E-state index contributed by atoms with van der Waals surface area (Å²) in [5, 5.41) is 12.1. The van der Waals surface area contributed by atoms with Crippen molar-refractivity contribution in [2.75, 3.05) is 19.6 Å². The number of hydrogen-bond acceptors (Lipinski definition) is 4. The van der Waals surface area contributed by atoms with Crippen molar-refractivity contribution < 1.29 is 19.4 Å². The number of nitrogens with zero attached hydrogens (tertiary/aromatic N) is 1. The molecule has 7 nitrogen and oxygen atoms in total. The molecule has 2 aromatic rings. The Kier molecular flexibility index (Phi) is 10.2. The van der Waals surface area contributed by atoms with Crippen LogP contribution in [-0.4, -0.2) is 41.8 Å². The van der Waals surface area contributed by atoms with Crippen LogP contribution in [-0.2, 0) is 11.3 Å². The summed E-state index contributed by atoms with van der Waals surface area (Å²) in [6.07, 6.45) is 0.988. The Morgan fingerprint density at radius 1 is 1.00 bits per heavy atom. The first-order valence-electron chi connectivity index (χ1n) is 10.3. The Bertz CT molecular complexity index is 756. The van der Waals surface area contributed by atoms with Gasteiger partial charge in [-0.05, 0) is 43.4 Å². The number of carboxylic acid groups (broad SMARTS) is 1. The second kappa shape index (κ2) is 13.2. The van der Waals surface area contributed by atoms with E-state index in [-0.39, 0.29) is 6.10 Å². The minimum absolute atomic E-state index is 0.330. The number of nitrogens with one attached hydrogen (secondary N) is 1. The van der Waals surface area contributed by atoms with E-state index in [9.17, 15) is 14.7 Å². The van der Waals surface area contributed by atoms with Gasteiger partial charge in [-0.15, -0.1) is 0 Å². The molecule has 0 spiro atoms. The van der Waals surface area contributed by atoms with Gasteiger partial charge in [0.05, 0.1) is 0 Å². The van der Waals surface area contributed by atoms with Crippen LogP contribution in [0.1, 0.15) is 42.9 Å². The Labute approximate surface area is 177 Å². The SMILES string of the molecule is NCCCC(OC(=O)NCCCCN(Cc1ccccc1)C(=O)O)c1ccccc1. The zero-order valence-corrected chi connectivity index (χ0v) is 17.2. The summed E-state index contributed by atoms with van der Waals surface area (Å²) in [7, 11) is 0. The fourth-order valence-corrected chi connectivity index (χ4v) is 3.10. The zero-order valence-electron chi connectivity index (χ0n) is 17.2. The highest BCUT2D eigenvalue weighted by Gasteiger charge is 2.16. The second-order valence-corrected chi connectivity index (χ2v) is 7.06. The number of nitrogens with two attached hydrogens (primary N) is 1. The smallest absolute Gasteiger partial charge is 0.407 e. The summed E-state index contributed by atoms with van der Waals surface area (Å²) < 4.78 is 5.57. The number of alkyl carbamates (subject to hydrolysis) is 1. The zero-order chi connectivity index (χ0) is 21.6. The summed E-state index contributed by atoms with van der Waals surface area (Å²) in [5.41, 5.74) is 7.49. The molecule has 0 saturated carbocycles. The summed E-state index contributed by atoms with van der Waals surface area (Å²) in [6.45, 7) is 1.73. The Morgan fingerprint density at radius 2 is 1.67 bits per heavy atom. The Morgan fingerprint density at radius 3 is 2.30 bits per heavy atom. The van der Waals surface area contributed by atoms with Gasteiger partial charge in [-0.3, -0.25) is 0 Å². The first-order chi connectivity index (χ1) is 14.6. The summed E-state index contributed by atoms with van der Waals surface area (Å²) in [5.74, 6) is 0. The average Bonchev–Trinajstić information content (AvgIpc) is 2.76. The molecule has 0 aliphatic heterocycles. The maximum atomic E-state index is 12.2. The van der Waals surface area contributed by atoms with Crippen molar-refractivity contribution in [3.63, 3.8) is 0 Å². The fourth-order valence-electron chi connectivity index (χ4n) is 3.10. The molecule has 2 aromatic carbocycles. The number of amides is 2. The molecule has 7 heteroatoms. The van der Waals surface area contributed by atoms with Crippen LogP contribution in [0.15, 0.2) is 60.7 Å². The quantitative estimate of drug-likeness (QED) is 0.453. The molecule has 0 heterocycles. The van der Waals surface area contributed by atoms with E-state index in [0.717, 1.165) is 17.5 Å². The first-order valence-corrected chi connectivity index (χ1v) is 10.3. The fraction of sp³-hybridized carbons (Fsp3) is 0.391. The molecule has 0 bridgehead atoms. The molecule has 4 N–H and O–H groups in total. The highest BCUT2D eigenvalue weighted by molar-refractivity contribution is 5.67. The van der Waals surface area contributed by atoms with Crippen molar-refractivity contribution in [1.29, 1.82) is 0 Å². The number of hydrogen-bond donors (Lipinski definition) is 3. The van der Waals surface area contributed by atoms with Crippen molar-refractivity contribution in [2.24, 2.45) is 5.73 Å². The van der Waals surface area contributed by atoms with Crippen molar-refractivity contribution in [3.05, 3.63) is 71.8 Å². The molecule has 2 amide bonds. The lowest BCUT2D eigenvalue weighted by atomic mass is 10.1. The topological polar surface area (TPSA) is 105 Å². The van der Waals surface area contributed by atoms with E-state index in [1.54, 1.807) is 0 Å². The highest BCUT2D eigenvalue weighted by Crippen LogP contribution is 2.22. The predicted octanol–water partition coefficient (Wildman–Crippen LogP) is 4.15. The van der Waals surface area contributed by atoms with Gasteiger partial charge in [0.2, 0.25) is 0 Å². The number of rotatable bonds is 12. The van der Waals surface area contributed by atoms with Gasteiger partial charge in [0.15, 0.2) is 0 Å². The molecule has 30 heavy (non-hydrogen) atoms. The maximum Gasteiger partial charge on any atom is 0.407 e. The molecule has 162 valence electrons. The molecule has 0 saturated heterocycles. The normalized spacial score (nSPS) is 11.5. The van der Waals surface area contributed by atoms with Crippen LogP contribution >= 0.6 is 0 Å². The third kappa shape index (κ3) is 8.53. The van der Waals surface area contributed by atoms with Gasteiger partial charge in [-0.1, -0.05) is 60.7 Å². The van der Waals surface area contributed by atoms with Crippen LogP contribution in [0.3, 0.4) is 0 Å². The summed E-state index contributed by atoms with van der Waals surface area (Å²) >= 11 is 0. The van der Waals surface area contributed by atoms with Crippen molar-refractivity contribution in [2.45, 2.75) is 38.3 Å². The van der Waals surface area contributed by atoms with E-state index in [1.807, 2.05) is 60.7 Å². The van der Waals surface area contributed by atoms with Crippen LogP contribution in [0.2, 0.25) is 0 Å². The van der Waals surface area contributed by atoms with Gasteiger partial charge >= 0.3 is 12.2 Å². The van der Waals surface area contributed by atoms with E-state index >= 15 is 0 Å². The maximum absolute atomic E-state index is 12.2. The molecular weight excluding hydrogens is 382 g/mol. The van der Waals surface area contributed by atoms with E-state index in [2.05, 4.69) is 5.32 Å². The van der Waals surface area contributed by atoms with E-state index in [0.29, 0.717) is 45.4 Å². The van der Waals surface area contributed by atoms with Crippen LogP contribution in [0.5, 0.6) is 0 Å². The van der Waals surface area contributed by atoms with Gasteiger partial charge in [0.25, 0.3) is 0 Å². The van der Waals surface area contributed by atoms with Crippen molar-refractivity contribution in [1.82, 2.24) is 10.2 Å². The largest absolute Gasteiger partial charge is 0.465 e. The number of unbranched alkanes of at least 4 members (excludes halogenated alkanes) is 1. The number of carbonyl (C=O) groups excluding carboxylic acids is 1. The molecule has 1 unspecified atom stereocenters. The van der Waals surface area contributed by atoms with Gasteiger partial charge < -0.3 is 25.8 Å². The predicted molar refractivity (Wildman–Crippen MR) is 116 cm³/mol. The lowest BCUT2D eigenvalue weighted by Crippen LogP contribution is -2.31. The molecule has 0 radical (unpaired) electrons. The highest BCUT2D eigenvalue weighted by atomic mass is 16.6. The third-order valence-corrected chi connectivity index (χ3v) is 4.70. The molecule has 2 rings (SSSR count). The van der Waals surface area contributed by atoms with Crippen LogP contribution in [0.25, 0.3) is 0 Å². The number of ether oxygens (including phenoxy) is 1. The number of benzene rings is 2. The summed E-state index contributed by atoms with van der Waals surface area (Å²) in [6, 6.07) is 19.1. The standard InChI is InChI=1S/C23H31N3O4/c24-15-9-14-21(20-12-5-2-6-13-20)30-22(27)25-16-7-8-17-26(23(28)29)18-19-10-3-1-4-11-19/h1-6,10-13,21H,7-9,14-18,24H2,(H,25,27)(H,28,29). The summed E-state index contributed by atoms with van der Waals surface area (Å²) in [4.78, 5) is 25.0. The minimum atomic E-state index is -0.947. The molecule has 0 fully saturated rings. The lowest BCUT2D eigenvalue weighted by Gasteiger charge is -2.20. The van der Waals surface area contributed by atoms with E-state index < -0.39 is 12.2 Å². The molecule has 0 aromatic heterocycles. The van der Waals surface area contributed by atoms with Crippen LogP contribution in [0.4, 0.5) is 9.59 Å². The number of carbonyl (C=O) groups is 2. The van der Waals surface area contributed by atoms with Crippen LogP contribution < -0.4 is 11.1 Å². The molecular formula is C23H31N3O4. The lowest BCUT2D eigenvalue weighted by molar-refractivity contribution is 0.0913. The molecule has 0 aliphatic rings. The Hall–Kier alpha value is -3.06. The molecule has 1 atom stereocenters. The second-order valence-electron chi connectivity index (χ2n) is 7.06. The van der Waals surface area contributed by atoms with E-state index in [4.69, 9.17) is 10.5 Å². The van der Waals surface area contributed by atoms with Crippen molar-refractivity contribution in [3.8, 4) is 0 Å². The first kappa shape index (κ1) is 23.2. The molecule has 0 aliphatic carbocycles. The van der Waals surface area contributed by atoms with Gasteiger partial charge in [0, 0.05) is 19.6 Å². The third-order valence-electron chi connectivity index (χ3n) is 4.70. The van der Waals surface area contributed by atoms with Crippen molar-refractivity contribution >= 4 is 12.2 Å². The van der Waals surface area contributed by atoms with E-state index in [1.165, 1.54) is 4.90 Å². The minimum Gasteiger partial charge on any atom is -0.465 e. The monoisotopic (exact) mass is 413 g/mol. The van der Waals surface area contributed by atoms with Gasteiger partial charge in [0.1, 0.15) is 6.10 Å².